The third-order valence-corrected chi connectivity index (χ3v) is 6.43. The summed E-state index contributed by atoms with van der Waals surface area (Å²) in [6.07, 6.45) is 2.08. The van der Waals surface area contributed by atoms with Gasteiger partial charge in [0.15, 0.2) is 0 Å². The highest BCUT2D eigenvalue weighted by Crippen LogP contribution is 2.20. The van der Waals surface area contributed by atoms with Crippen LogP contribution in [0.1, 0.15) is 31.4 Å². The number of hydrogen-bond acceptors (Lipinski definition) is 4. The van der Waals surface area contributed by atoms with E-state index in [2.05, 4.69) is 10.3 Å². The predicted molar refractivity (Wildman–Crippen MR) is 138 cm³/mol. The maximum Gasteiger partial charge on any atom is 0.408 e. The normalized spacial score (nSPS) is 14.6. The van der Waals surface area contributed by atoms with Crippen LogP contribution in [0.15, 0.2) is 60.8 Å². The third-order valence-electron chi connectivity index (χ3n) is 6.43. The van der Waals surface area contributed by atoms with E-state index in [4.69, 9.17) is 4.74 Å². The van der Waals surface area contributed by atoms with Gasteiger partial charge in [-0.25, -0.2) is 4.79 Å². The number of aromatic amines is 1. The van der Waals surface area contributed by atoms with E-state index in [-0.39, 0.29) is 18.4 Å². The fourth-order valence-electron chi connectivity index (χ4n) is 4.50. The standard InChI is InChI=1S/C28H34N4O4/c1-20(2)16-26(33)31-12-14-32(15-13-31)27(34)25(17-22-18-29-24-11-7-6-10-23(22)24)30-28(35)36-19-21-8-4-3-5-9-21/h3-11,18,20,25,29H,12-17,19H2,1-2H3,(H,30,35)/t25-/m1/s1. The van der Waals surface area contributed by atoms with Crippen LogP contribution < -0.4 is 5.32 Å². The first-order valence-corrected chi connectivity index (χ1v) is 12.5. The second-order valence-corrected chi connectivity index (χ2v) is 9.63. The summed E-state index contributed by atoms with van der Waals surface area (Å²) >= 11 is 0. The molecule has 0 spiro atoms. The molecule has 3 amide bonds. The molecule has 8 nitrogen and oxygen atoms in total. The van der Waals surface area contributed by atoms with Gasteiger partial charge in [-0.15, -0.1) is 0 Å². The molecule has 0 saturated carbocycles. The van der Waals surface area contributed by atoms with Gasteiger partial charge in [0.2, 0.25) is 11.8 Å². The average molecular weight is 491 g/mol. The van der Waals surface area contributed by atoms with E-state index in [0.29, 0.717) is 44.9 Å². The van der Waals surface area contributed by atoms with Crippen molar-refractivity contribution in [2.75, 3.05) is 26.2 Å². The summed E-state index contributed by atoms with van der Waals surface area (Å²) in [7, 11) is 0. The molecule has 0 unspecified atom stereocenters. The van der Waals surface area contributed by atoms with Crippen molar-refractivity contribution in [2.24, 2.45) is 5.92 Å². The van der Waals surface area contributed by atoms with Crippen molar-refractivity contribution in [1.29, 1.82) is 0 Å². The molecule has 2 N–H and O–H groups in total. The van der Waals surface area contributed by atoms with Crippen molar-refractivity contribution in [3.8, 4) is 0 Å². The Balaban J connectivity index is 1.44. The van der Waals surface area contributed by atoms with Crippen molar-refractivity contribution < 1.29 is 19.1 Å². The number of alkyl carbamates (subject to hydrolysis) is 1. The summed E-state index contributed by atoms with van der Waals surface area (Å²) in [6, 6.07) is 16.5. The maximum absolute atomic E-state index is 13.6. The van der Waals surface area contributed by atoms with E-state index in [1.807, 2.05) is 79.5 Å². The highest BCUT2D eigenvalue weighted by Gasteiger charge is 2.31. The monoisotopic (exact) mass is 490 g/mol. The minimum absolute atomic E-state index is 0.120. The summed E-state index contributed by atoms with van der Waals surface area (Å²) in [5.74, 6) is 0.242. The number of H-pyrrole nitrogens is 1. The van der Waals surface area contributed by atoms with E-state index >= 15 is 0 Å². The largest absolute Gasteiger partial charge is 0.445 e. The maximum atomic E-state index is 13.6. The molecule has 2 aromatic carbocycles. The molecular weight excluding hydrogens is 456 g/mol. The fourth-order valence-corrected chi connectivity index (χ4v) is 4.50. The molecule has 3 aromatic rings. The van der Waals surface area contributed by atoms with E-state index in [9.17, 15) is 14.4 Å². The molecule has 8 heteroatoms. The lowest BCUT2D eigenvalue weighted by molar-refractivity contribution is -0.141. The molecule has 1 aromatic heterocycles. The molecule has 0 bridgehead atoms. The number of carbonyl (C=O) groups excluding carboxylic acids is 3. The Kier molecular flexibility index (Phi) is 8.25. The number of aromatic nitrogens is 1. The molecule has 0 radical (unpaired) electrons. The molecule has 1 fully saturated rings. The summed E-state index contributed by atoms with van der Waals surface area (Å²) in [5.41, 5.74) is 2.79. The van der Waals surface area contributed by atoms with E-state index in [0.717, 1.165) is 22.0 Å². The van der Waals surface area contributed by atoms with Crippen LogP contribution in [0.5, 0.6) is 0 Å². The van der Waals surface area contributed by atoms with Gasteiger partial charge in [0.25, 0.3) is 0 Å². The van der Waals surface area contributed by atoms with Gasteiger partial charge < -0.3 is 24.8 Å². The summed E-state index contributed by atoms with van der Waals surface area (Å²) in [5, 5.41) is 3.81. The van der Waals surface area contributed by atoms with Crippen LogP contribution in [-0.2, 0) is 27.4 Å². The molecule has 190 valence electrons. The Morgan fingerprint density at radius 2 is 1.61 bits per heavy atom. The number of rotatable bonds is 8. The van der Waals surface area contributed by atoms with Gasteiger partial charge in [0, 0.05) is 56.1 Å². The molecule has 0 aliphatic carbocycles. The molecule has 1 atom stereocenters. The highest BCUT2D eigenvalue weighted by atomic mass is 16.5. The van der Waals surface area contributed by atoms with Crippen molar-refractivity contribution >= 4 is 28.8 Å². The van der Waals surface area contributed by atoms with Crippen LogP contribution in [0.25, 0.3) is 10.9 Å². The summed E-state index contributed by atoms with van der Waals surface area (Å²) < 4.78 is 5.41. The first-order chi connectivity index (χ1) is 17.4. The number of ether oxygens (including phenoxy) is 1. The van der Waals surface area contributed by atoms with Gasteiger partial charge >= 0.3 is 6.09 Å². The van der Waals surface area contributed by atoms with Crippen molar-refractivity contribution in [1.82, 2.24) is 20.1 Å². The van der Waals surface area contributed by atoms with Gasteiger partial charge in [0.05, 0.1) is 0 Å². The van der Waals surface area contributed by atoms with Crippen LogP contribution in [0.4, 0.5) is 4.79 Å². The van der Waals surface area contributed by atoms with Crippen molar-refractivity contribution in [3.05, 3.63) is 71.9 Å². The minimum atomic E-state index is -0.787. The Hall–Kier alpha value is -3.81. The summed E-state index contributed by atoms with van der Waals surface area (Å²) in [4.78, 5) is 45.5. The number of benzene rings is 2. The molecule has 36 heavy (non-hydrogen) atoms. The van der Waals surface area contributed by atoms with Gasteiger partial charge in [-0.2, -0.15) is 0 Å². The highest BCUT2D eigenvalue weighted by molar-refractivity contribution is 5.88. The number of hydrogen-bond donors (Lipinski definition) is 2. The number of nitrogens with zero attached hydrogens (tertiary/aromatic N) is 2. The average Bonchev–Trinajstić information content (AvgIpc) is 3.30. The van der Waals surface area contributed by atoms with Crippen LogP contribution in [-0.4, -0.2) is 64.9 Å². The zero-order valence-electron chi connectivity index (χ0n) is 20.9. The predicted octanol–water partition coefficient (Wildman–Crippen LogP) is 3.72. The second kappa shape index (κ2) is 11.7. The number of piperazine rings is 1. The lowest BCUT2D eigenvalue weighted by Crippen LogP contribution is -2.56. The van der Waals surface area contributed by atoms with Crippen LogP contribution in [0.3, 0.4) is 0 Å². The Morgan fingerprint density at radius 3 is 2.33 bits per heavy atom. The molecular formula is C28H34N4O4. The first kappa shape index (κ1) is 25.3. The quantitative estimate of drug-likeness (QED) is 0.503. The van der Waals surface area contributed by atoms with Gasteiger partial charge in [-0.1, -0.05) is 62.4 Å². The van der Waals surface area contributed by atoms with Gasteiger partial charge in [-0.05, 0) is 23.1 Å². The fraction of sp³-hybridized carbons (Fsp3) is 0.393. The van der Waals surface area contributed by atoms with Crippen LogP contribution in [0.2, 0.25) is 0 Å². The Labute approximate surface area is 211 Å². The van der Waals surface area contributed by atoms with Crippen LogP contribution >= 0.6 is 0 Å². The Bertz CT molecular complexity index is 1180. The van der Waals surface area contributed by atoms with Crippen LogP contribution in [0, 0.1) is 5.92 Å². The number of fused-ring (bicyclic) bond motifs is 1. The van der Waals surface area contributed by atoms with E-state index in [1.54, 1.807) is 4.90 Å². The number of carbonyl (C=O) groups is 3. The van der Waals surface area contributed by atoms with E-state index in [1.165, 1.54) is 0 Å². The first-order valence-electron chi connectivity index (χ1n) is 12.5. The number of amides is 3. The molecule has 1 saturated heterocycles. The van der Waals surface area contributed by atoms with Crippen molar-refractivity contribution in [3.63, 3.8) is 0 Å². The molecule has 1 aliphatic heterocycles. The molecule has 1 aliphatic rings. The zero-order chi connectivity index (χ0) is 25.5. The number of para-hydroxylation sites is 1. The third kappa shape index (κ3) is 6.44. The SMILES string of the molecule is CC(C)CC(=O)N1CCN(C(=O)[C@@H](Cc2c[nH]c3ccccc23)NC(=O)OCc2ccccc2)CC1. The lowest BCUT2D eigenvalue weighted by atomic mass is 10.0. The zero-order valence-corrected chi connectivity index (χ0v) is 20.9. The smallest absolute Gasteiger partial charge is 0.408 e. The lowest BCUT2D eigenvalue weighted by Gasteiger charge is -2.36. The minimum Gasteiger partial charge on any atom is -0.445 e. The van der Waals surface area contributed by atoms with Gasteiger partial charge in [-0.3, -0.25) is 9.59 Å². The topological polar surface area (TPSA) is 94.7 Å². The van der Waals surface area contributed by atoms with Gasteiger partial charge in [0.1, 0.15) is 12.6 Å². The second-order valence-electron chi connectivity index (χ2n) is 9.63. The Morgan fingerprint density at radius 1 is 0.944 bits per heavy atom. The van der Waals surface area contributed by atoms with Crippen molar-refractivity contribution in [2.45, 2.75) is 39.3 Å². The molecule has 2 heterocycles. The summed E-state index contributed by atoms with van der Waals surface area (Å²) in [6.45, 7) is 6.04. The number of nitrogens with one attached hydrogen (secondary N) is 2. The molecule has 4 rings (SSSR count). The van der Waals surface area contributed by atoms with E-state index < -0.39 is 12.1 Å².